The van der Waals surface area contributed by atoms with Crippen molar-refractivity contribution in [1.29, 1.82) is 0 Å². The van der Waals surface area contributed by atoms with Crippen molar-refractivity contribution in [2.24, 2.45) is 0 Å². The maximum atomic E-state index is 11.1. The second-order valence-electron chi connectivity index (χ2n) is 4.54. The van der Waals surface area contributed by atoms with Crippen LogP contribution in [0.2, 0.25) is 0 Å². The highest BCUT2D eigenvalue weighted by Crippen LogP contribution is 2.40. The molecular weight excluding hydrogens is 236 g/mol. The van der Waals surface area contributed by atoms with Crippen LogP contribution in [0.1, 0.15) is 46.7 Å². The van der Waals surface area contributed by atoms with Gasteiger partial charge < -0.3 is 14.6 Å². The van der Waals surface area contributed by atoms with Crippen molar-refractivity contribution in [3.8, 4) is 0 Å². The van der Waals surface area contributed by atoms with Gasteiger partial charge in [-0.15, -0.1) is 0 Å². The van der Waals surface area contributed by atoms with Crippen LogP contribution < -0.4 is 0 Å². The molecule has 2 aliphatic rings. The Morgan fingerprint density at radius 1 is 1.39 bits per heavy atom. The average molecular weight is 250 g/mol. The Bertz CT molecular complexity index is 467. The van der Waals surface area contributed by atoms with Gasteiger partial charge in [-0.25, -0.2) is 14.8 Å². The smallest absolute Gasteiger partial charge is 0.339 e. The lowest BCUT2D eigenvalue weighted by atomic mass is 10.1. The van der Waals surface area contributed by atoms with Gasteiger partial charge in [-0.2, -0.15) is 0 Å². The van der Waals surface area contributed by atoms with Crippen molar-refractivity contribution in [3.63, 3.8) is 0 Å². The topological polar surface area (TPSA) is 81.5 Å². The fourth-order valence-corrected chi connectivity index (χ4v) is 2.03. The minimum absolute atomic E-state index is 0.206. The maximum Gasteiger partial charge on any atom is 0.339 e. The Morgan fingerprint density at radius 2 is 2.22 bits per heavy atom. The molecule has 1 aromatic rings. The molecular formula is C12H14N2O4. The van der Waals surface area contributed by atoms with Gasteiger partial charge in [0.1, 0.15) is 6.10 Å². The van der Waals surface area contributed by atoms with Gasteiger partial charge in [0.2, 0.25) is 0 Å². The zero-order valence-electron chi connectivity index (χ0n) is 9.83. The Hall–Kier alpha value is -1.53. The summed E-state index contributed by atoms with van der Waals surface area (Å²) in [6, 6.07) is 0. The number of rotatable bonds is 3. The molecule has 1 saturated carbocycles. The summed E-state index contributed by atoms with van der Waals surface area (Å²) >= 11 is 0. The highest BCUT2D eigenvalue weighted by atomic mass is 16.6. The lowest BCUT2D eigenvalue weighted by molar-refractivity contribution is -0.0936. The largest absolute Gasteiger partial charge is 0.478 e. The van der Waals surface area contributed by atoms with E-state index in [2.05, 4.69) is 9.97 Å². The summed E-state index contributed by atoms with van der Waals surface area (Å²) in [5.41, 5.74) is 0.847. The van der Waals surface area contributed by atoms with E-state index in [4.69, 9.17) is 14.6 Å². The summed E-state index contributed by atoms with van der Waals surface area (Å²) in [5, 5.41) is 9.11. The molecule has 1 unspecified atom stereocenters. The summed E-state index contributed by atoms with van der Waals surface area (Å²) < 4.78 is 10.8. The predicted octanol–water partition coefficient (Wildman–Crippen LogP) is 1.14. The van der Waals surface area contributed by atoms with Crippen LogP contribution in [0.15, 0.2) is 6.20 Å². The molecule has 0 amide bonds. The maximum absolute atomic E-state index is 11.1. The molecule has 1 aromatic heterocycles. The molecule has 0 aromatic carbocycles. The van der Waals surface area contributed by atoms with Gasteiger partial charge in [-0.1, -0.05) is 0 Å². The molecule has 96 valence electrons. The number of aromatic nitrogens is 2. The van der Waals surface area contributed by atoms with Crippen LogP contribution in [0, 0.1) is 0 Å². The molecule has 1 N–H and O–H groups in total. The summed E-state index contributed by atoms with van der Waals surface area (Å²) in [7, 11) is 0. The van der Waals surface area contributed by atoms with E-state index in [0.717, 1.165) is 12.8 Å². The van der Waals surface area contributed by atoms with Crippen LogP contribution in [-0.2, 0) is 9.47 Å². The van der Waals surface area contributed by atoms with Gasteiger partial charge in [-0.3, -0.25) is 0 Å². The van der Waals surface area contributed by atoms with Crippen molar-refractivity contribution in [3.05, 3.63) is 23.3 Å². The van der Waals surface area contributed by atoms with Crippen molar-refractivity contribution in [2.45, 2.75) is 24.9 Å². The van der Waals surface area contributed by atoms with Crippen LogP contribution in [0.3, 0.4) is 0 Å². The van der Waals surface area contributed by atoms with Gasteiger partial charge in [0.25, 0.3) is 0 Å². The monoisotopic (exact) mass is 250 g/mol. The number of carboxylic acid groups (broad SMARTS) is 1. The van der Waals surface area contributed by atoms with Crippen molar-refractivity contribution >= 4 is 5.97 Å². The summed E-state index contributed by atoms with van der Waals surface area (Å²) in [6.07, 6.45) is 3.10. The normalized spacial score (nSPS) is 23.9. The van der Waals surface area contributed by atoms with Gasteiger partial charge in [0.15, 0.2) is 5.82 Å². The number of aromatic carboxylic acids is 1. The summed E-state index contributed by atoms with van der Waals surface area (Å²) in [4.78, 5) is 19.6. The van der Waals surface area contributed by atoms with Crippen molar-refractivity contribution in [2.75, 3.05) is 19.8 Å². The minimum Gasteiger partial charge on any atom is -0.478 e. The number of carboxylic acids is 1. The zero-order valence-corrected chi connectivity index (χ0v) is 9.83. The molecule has 0 spiro atoms. The lowest BCUT2D eigenvalue weighted by Crippen LogP contribution is -2.24. The Morgan fingerprint density at radius 3 is 2.83 bits per heavy atom. The second-order valence-corrected chi connectivity index (χ2v) is 4.54. The first-order valence-corrected chi connectivity index (χ1v) is 6.05. The van der Waals surface area contributed by atoms with Crippen LogP contribution in [0.4, 0.5) is 0 Å². The number of hydrogen-bond donors (Lipinski definition) is 1. The van der Waals surface area contributed by atoms with Crippen LogP contribution in [0.5, 0.6) is 0 Å². The molecule has 0 radical (unpaired) electrons. The predicted molar refractivity (Wildman–Crippen MR) is 60.5 cm³/mol. The molecule has 3 rings (SSSR count). The molecule has 6 nitrogen and oxygen atoms in total. The molecule has 1 aliphatic carbocycles. The highest BCUT2D eigenvalue weighted by molar-refractivity contribution is 5.88. The first kappa shape index (κ1) is 11.6. The first-order valence-electron chi connectivity index (χ1n) is 6.05. The van der Waals surface area contributed by atoms with Gasteiger partial charge >= 0.3 is 5.97 Å². The zero-order chi connectivity index (χ0) is 12.5. The average Bonchev–Trinajstić information content (AvgIpc) is 3.23. The third-order valence-electron chi connectivity index (χ3n) is 3.14. The summed E-state index contributed by atoms with van der Waals surface area (Å²) in [6.45, 7) is 1.53. The molecule has 1 saturated heterocycles. The molecule has 2 fully saturated rings. The third-order valence-corrected chi connectivity index (χ3v) is 3.14. The van der Waals surface area contributed by atoms with Gasteiger partial charge in [0.05, 0.1) is 31.1 Å². The van der Waals surface area contributed by atoms with Gasteiger partial charge in [-0.05, 0) is 12.8 Å². The molecule has 1 aliphatic heterocycles. The van der Waals surface area contributed by atoms with E-state index in [1.165, 1.54) is 6.20 Å². The first-order chi connectivity index (χ1) is 8.75. The Kier molecular flexibility index (Phi) is 2.97. The standard InChI is InChI=1S/C12H14N2O4/c15-12(16)8-5-13-11(9-6-17-3-4-18-9)14-10(8)7-1-2-7/h5,7,9H,1-4,6H2,(H,15,16). The SMILES string of the molecule is O=C(O)c1cnc(C2COCCO2)nc1C1CC1. The molecule has 6 heteroatoms. The van der Waals surface area contributed by atoms with E-state index in [1.807, 2.05) is 0 Å². The fourth-order valence-electron chi connectivity index (χ4n) is 2.03. The number of nitrogens with zero attached hydrogens (tertiary/aromatic N) is 2. The van der Waals surface area contributed by atoms with Gasteiger partial charge in [0, 0.05) is 12.1 Å². The molecule has 0 bridgehead atoms. The minimum atomic E-state index is -0.968. The van der Waals surface area contributed by atoms with Crippen LogP contribution in [0.25, 0.3) is 0 Å². The summed E-state index contributed by atoms with van der Waals surface area (Å²) in [5.74, 6) is -0.173. The Balaban J connectivity index is 1.91. The van der Waals surface area contributed by atoms with E-state index < -0.39 is 5.97 Å². The molecule has 18 heavy (non-hydrogen) atoms. The second kappa shape index (κ2) is 4.62. The van der Waals surface area contributed by atoms with Crippen LogP contribution >= 0.6 is 0 Å². The van der Waals surface area contributed by atoms with E-state index >= 15 is 0 Å². The number of ether oxygens (including phenoxy) is 2. The number of carbonyl (C=O) groups is 1. The van der Waals surface area contributed by atoms with E-state index in [9.17, 15) is 4.79 Å². The highest BCUT2D eigenvalue weighted by Gasteiger charge is 2.31. The van der Waals surface area contributed by atoms with E-state index in [-0.39, 0.29) is 17.6 Å². The third kappa shape index (κ3) is 2.21. The van der Waals surface area contributed by atoms with E-state index in [1.54, 1.807) is 0 Å². The van der Waals surface area contributed by atoms with Crippen LogP contribution in [-0.4, -0.2) is 40.9 Å². The quantitative estimate of drug-likeness (QED) is 0.866. The van der Waals surface area contributed by atoms with Crippen molar-refractivity contribution < 1.29 is 19.4 Å². The fraction of sp³-hybridized carbons (Fsp3) is 0.583. The van der Waals surface area contributed by atoms with E-state index in [0.29, 0.717) is 31.3 Å². The Labute approximate surface area is 104 Å². The lowest BCUT2D eigenvalue weighted by Gasteiger charge is -2.22. The van der Waals surface area contributed by atoms with Crippen molar-refractivity contribution in [1.82, 2.24) is 9.97 Å². The number of hydrogen-bond acceptors (Lipinski definition) is 5. The molecule has 2 heterocycles. The molecule has 1 atom stereocenters.